The molecule has 0 amide bonds. The molecule has 0 aliphatic heterocycles. The molecule has 0 aromatic rings. The highest BCUT2D eigenvalue weighted by Gasteiger charge is 2.22. The number of rotatable bonds is 19. The van der Waals surface area contributed by atoms with Gasteiger partial charge in [0.15, 0.2) is 0 Å². The average molecular weight is 443 g/mol. The van der Waals surface area contributed by atoms with E-state index in [4.69, 9.17) is 4.74 Å². The number of aliphatic hydroxyl groups is 4. The maximum absolute atomic E-state index is 11.3. The molecule has 0 rings (SSSR count). The van der Waals surface area contributed by atoms with Gasteiger partial charge < -0.3 is 25.2 Å². The molecular weight excluding hydrogens is 396 g/mol. The summed E-state index contributed by atoms with van der Waals surface area (Å²) in [5.41, 5.74) is 0. The van der Waals surface area contributed by atoms with Crippen molar-refractivity contribution in [1.29, 1.82) is 0 Å². The van der Waals surface area contributed by atoms with Crippen molar-refractivity contribution in [3.8, 4) is 11.8 Å². The molecule has 0 saturated carbocycles. The number of hydrogen-bond donors (Lipinski definition) is 4. The number of unbranched alkanes of at least 4 members (excludes halogenated alkanes) is 8. The quantitative estimate of drug-likeness (QED) is 0.137. The second-order valence-electron chi connectivity index (χ2n) is 8.31. The predicted molar refractivity (Wildman–Crippen MR) is 123 cm³/mol. The maximum Gasteiger partial charge on any atom is 0.305 e. The molecular formula is C25H46O6. The van der Waals surface area contributed by atoms with E-state index in [1.165, 1.54) is 44.9 Å². The van der Waals surface area contributed by atoms with E-state index in [0.29, 0.717) is 12.8 Å². The van der Waals surface area contributed by atoms with E-state index in [1.54, 1.807) is 6.92 Å². The average Bonchev–Trinajstić information content (AvgIpc) is 2.76. The minimum Gasteiger partial charge on any atom is -0.466 e. The Balaban J connectivity index is 3.78. The Morgan fingerprint density at radius 3 is 1.74 bits per heavy atom. The van der Waals surface area contributed by atoms with Crippen molar-refractivity contribution in [2.45, 2.75) is 135 Å². The Bertz CT molecular complexity index is 484. The lowest BCUT2D eigenvalue weighted by Gasteiger charge is -2.21. The summed E-state index contributed by atoms with van der Waals surface area (Å²) in [5, 5.41) is 39.9. The maximum atomic E-state index is 11.3. The van der Waals surface area contributed by atoms with Crippen LogP contribution in [0.2, 0.25) is 0 Å². The molecule has 0 aromatic heterocycles. The van der Waals surface area contributed by atoms with Gasteiger partial charge in [-0.2, -0.15) is 0 Å². The monoisotopic (exact) mass is 442 g/mol. The summed E-state index contributed by atoms with van der Waals surface area (Å²) in [4.78, 5) is 11.3. The SMILES string of the molecule is CCCCCCCCCCC#CCC[C@@H](O)[C@H](O)CC[C@@H](O)[C@H](O)CCC(=O)OCC. The summed E-state index contributed by atoms with van der Waals surface area (Å²) in [5.74, 6) is 5.78. The number of carbonyl (C=O) groups excluding carboxylic acids is 1. The standard InChI is InChI=1S/C25H46O6/c1-3-5-6-7-8-9-10-11-12-13-14-15-16-21(26)22(27)17-18-23(28)24(29)19-20-25(30)31-4-2/h21-24,26-29H,3-12,15-20H2,1-2H3/t21-,22-,23-,24-/m1/s1. The predicted octanol–water partition coefficient (Wildman–Crippen LogP) is 3.87. The molecule has 6 heteroatoms. The molecule has 4 atom stereocenters. The van der Waals surface area contributed by atoms with Gasteiger partial charge in [-0.1, -0.05) is 51.9 Å². The lowest BCUT2D eigenvalue weighted by Crippen LogP contribution is -2.31. The molecule has 0 fully saturated rings. The van der Waals surface area contributed by atoms with Gasteiger partial charge in [0, 0.05) is 19.3 Å². The first kappa shape index (κ1) is 29.9. The third kappa shape index (κ3) is 18.2. The van der Waals surface area contributed by atoms with Gasteiger partial charge in [0.25, 0.3) is 0 Å². The van der Waals surface area contributed by atoms with Crippen LogP contribution in [0.25, 0.3) is 0 Å². The zero-order valence-corrected chi connectivity index (χ0v) is 19.7. The summed E-state index contributed by atoms with van der Waals surface area (Å²) in [6.45, 7) is 4.22. The number of esters is 1. The van der Waals surface area contributed by atoms with Crippen molar-refractivity contribution in [2.75, 3.05) is 6.61 Å². The van der Waals surface area contributed by atoms with Crippen molar-refractivity contribution in [3.05, 3.63) is 0 Å². The molecule has 182 valence electrons. The summed E-state index contributed by atoms with van der Waals surface area (Å²) < 4.78 is 4.78. The first-order chi connectivity index (χ1) is 14.9. The molecule has 0 aliphatic rings. The molecule has 0 aliphatic carbocycles. The van der Waals surface area contributed by atoms with Gasteiger partial charge in [0.2, 0.25) is 0 Å². The summed E-state index contributed by atoms with van der Waals surface area (Å²) in [7, 11) is 0. The Morgan fingerprint density at radius 1 is 0.677 bits per heavy atom. The van der Waals surface area contributed by atoms with Crippen LogP contribution in [0.15, 0.2) is 0 Å². The Kier molecular flexibility index (Phi) is 20.0. The van der Waals surface area contributed by atoms with E-state index in [-0.39, 0.29) is 32.3 Å². The Morgan fingerprint density at radius 2 is 1.16 bits per heavy atom. The van der Waals surface area contributed by atoms with Gasteiger partial charge in [-0.25, -0.2) is 0 Å². The van der Waals surface area contributed by atoms with Crippen LogP contribution in [0.5, 0.6) is 0 Å². The van der Waals surface area contributed by atoms with Gasteiger partial charge in [0.05, 0.1) is 31.0 Å². The fraction of sp³-hybridized carbons (Fsp3) is 0.880. The molecule has 0 radical (unpaired) electrons. The second kappa shape index (κ2) is 20.8. The van der Waals surface area contributed by atoms with E-state index in [0.717, 1.165) is 12.8 Å². The van der Waals surface area contributed by atoms with Crippen molar-refractivity contribution in [2.24, 2.45) is 0 Å². The third-order valence-electron chi connectivity index (χ3n) is 5.44. The molecule has 0 aromatic carbocycles. The van der Waals surface area contributed by atoms with Crippen LogP contribution in [-0.2, 0) is 9.53 Å². The van der Waals surface area contributed by atoms with Crippen molar-refractivity contribution in [1.82, 2.24) is 0 Å². The van der Waals surface area contributed by atoms with Gasteiger partial charge in [-0.05, 0) is 39.0 Å². The van der Waals surface area contributed by atoms with E-state index >= 15 is 0 Å². The van der Waals surface area contributed by atoms with E-state index < -0.39 is 30.4 Å². The molecule has 0 saturated heterocycles. The van der Waals surface area contributed by atoms with Crippen LogP contribution in [0.3, 0.4) is 0 Å². The lowest BCUT2D eigenvalue weighted by molar-refractivity contribution is -0.144. The highest BCUT2D eigenvalue weighted by Crippen LogP contribution is 2.14. The summed E-state index contributed by atoms with van der Waals surface area (Å²) >= 11 is 0. The number of ether oxygens (including phenoxy) is 1. The Labute approximate surface area is 189 Å². The molecule has 0 spiro atoms. The smallest absolute Gasteiger partial charge is 0.305 e. The van der Waals surface area contributed by atoms with Crippen molar-refractivity contribution in [3.63, 3.8) is 0 Å². The summed E-state index contributed by atoms with van der Waals surface area (Å²) in [6.07, 6.45) is 8.49. The van der Waals surface area contributed by atoms with Gasteiger partial charge >= 0.3 is 5.97 Å². The molecule has 31 heavy (non-hydrogen) atoms. The van der Waals surface area contributed by atoms with Crippen LogP contribution in [0.4, 0.5) is 0 Å². The topological polar surface area (TPSA) is 107 Å². The first-order valence-electron chi connectivity index (χ1n) is 12.3. The van der Waals surface area contributed by atoms with Crippen LogP contribution >= 0.6 is 0 Å². The van der Waals surface area contributed by atoms with Gasteiger partial charge in [-0.15, -0.1) is 11.8 Å². The second-order valence-corrected chi connectivity index (χ2v) is 8.31. The Hall–Kier alpha value is -1.13. The normalized spacial score (nSPS) is 14.9. The van der Waals surface area contributed by atoms with E-state index in [2.05, 4.69) is 18.8 Å². The van der Waals surface area contributed by atoms with Crippen LogP contribution < -0.4 is 0 Å². The van der Waals surface area contributed by atoms with E-state index in [9.17, 15) is 25.2 Å². The molecule has 0 bridgehead atoms. The summed E-state index contributed by atoms with van der Waals surface area (Å²) in [6, 6.07) is 0. The number of aliphatic hydroxyl groups excluding tert-OH is 4. The van der Waals surface area contributed by atoms with Crippen LogP contribution in [0, 0.1) is 11.8 Å². The molecule has 0 unspecified atom stereocenters. The lowest BCUT2D eigenvalue weighted by atomic mass is 9.98. The first-order valence-corrected chi connectivity index (χ1v) is 12.3. The zero-order valence-electron chi connectivity index (χ0n) is 19.7. The fourth-order valence-corrected chi connectivity index (χ4v) is 3.35. The molecule has 6 nitrogen and oxygen atoms in total. The minimum atomic E-state index is -1.06. The van der Waals surface area contributed by atoms with Crippen LogP contribution in [0.1, 0.15) is 110 Å². The highest BCUT2D eigenvalue weighted by molar-refractivity contribution is 5.69. The molecule has 0 heterocycles. The highest BCUT2D eigenvalue weighted by atomic mass is 16.5. The largest absolute Gasteiger partial charge is 0.466 e. The van der Waals surface area contributed by atoms with E-state index in [1.807, 2.05) is 0 Å². The molecule has 4 N–H and O–H groups in total. The van der Waals surface area contributed by atoms with Crippen molar-refractivity contribution < 1.29 is 30.0 Å². The third-order valence-corrected chi connectivity index (χ3v) is 5.44. The van der Waals surface area contributed by atoms with Gasteiger partial charge in [0.1, 0.15) is 0 Å². The minimum absolute atomic E-state index is 0.0366. The van der Waals surface area contributed by atoms with Gasteiger partial charge in [-0.3, -0.25) is 4.79 Å². The van der Waals surface area contributed by atoms with Crippen molar-refractivity contribution >= 4 is 5.97 Å². The van der Waals surface area contributed by atoms with Crippen LogP contribution in [-0.4, -0.2) is 57.4 Å². The number of hydrogen-bond acceptors (Lipinski definition) is 6. The number of carbonyl (C=O) groups is 1. The zero-order chi connectivity index (χ0) is 23.3. The fourth-order valence-electron chi connectivity index (χ4n) is 3.35.